The second-order valence-electron chi connectivity index (χ2n) is 4.13. The number of rotatable bonds is 0. The smallest absolute Gasteiger partial charge is 0.171 e. The van der Waals surface area contributed by atoms with E-state index >= 15 is 0 Å². The fourth-order valence-electron chi connectivity index (χ4n) is 1.16. The van der Waals surface area contributed by atoms with Gasteiger partial charge in [0.2, 0.25) is 0 Å². The molecule has 2 aromatic rings. The molecular formula is C10H12N2O. The molecule has 0 radical (unpaired) electrons. The van der Waals surface area contributed by atoms with Crippen LogP contribution in [0.4, 0.5) is 0 Å². The number of aromatic nitrogens is 2. The maximum Gasteiger partial charge on any atom is 0.171 e. The first-order valence-corrected chi connectivity index (χ1v) is 4.27. The van der Waals surface area contributed by atoms with Crippen LogP contribution < -0.4 is 0 Å². The zero-order valence-corrected chi connectivity index (χ0v) is 8.03. The van der Waals surface area contributed by atoms with Crippen LogP contribution in [-0.2, 0) is 5.41 Å². The minimum absolute atomic E-state index is 0.0285. The van der Waals surface area contributed by atoms with Crippen molar-refractivity contribution in [1.29, 1.82) is 0 Å². The second-order valence-corrected chi connectivity index (χ2v) is 4.13. The number of nitrogens with zero attached hydrogens (tertiary/aromatic N) is 2. The molecule has 2 heterocycles. The van der Waals surface area contributed by atoms with Crippen LogP contribution >= 0.6 is 0 Å². The summed E-state index contributed by atoms with van der Waals surface area (Å²) in [6, 6.07) is 1.97. The fourth-order valence-corrected chi connectivity index (χ4v) is 1.16. The third-order valence-corrected chi connectivity index (χ3v) is 1.93. The van der Waals surface area contributed by atoms with Crippen molar-refractivity contribution in [3.63, 3.8) is 0 Å². The highest BCUT2D eigenvalue weighted by atomic mass is 16.3. The molecule has 68 valence electrons. The lowest BCUT2D eigenvalue weighted by atomic mass is 9.93. The first-order chi connectivity index (χ1) is 6.07. The number of hydrogen-bond donors (Lipinski definition) is 0. The van der Waals surface area contributed by atoms with Crippen molar-refractivity contribution in [2.24, 2.45) is 0 Å². The van der Waals surface area contributed by atoms with Gasteiger partial charge in [0.15, 0.2) is 5.58 Å². The lowest BCUT2D eigenvalue weighted by Crippen LogP contribution is -2.08. The molecule has 2 rings (SSSR count). The lowest BCUT2D eigenvalue weighted by Gasteiger charge is -2.13. The number of fused-ring (bicyclic) bond motifs is 1. The molecule has 13 heavy (non-hydrogen) atoms. The highest BCUT2D eigenvalue weighted by Gasteiger charge is 2.18. The summed E-state index contributed by atoms with van der Waals surface area (Å²) >= 11 is 0. The molecule has 0 N–H and O–H groups in total. The molecule has 0 unspecified atom stereocenters. The van der Waals surface area contributed by atoms with Crippen LogP contribution in [0.25, 0.3) is 11.1 Å². The quantitative estimate of drug-likeness (QED) is 0.619. The Labute approximate surface area is 76.8 Å². The molecule has 0 aliphatic carbocycles. The van der Waals surface area contributed by atoms with E-state index < -0.39 is 0 Å². The monoisotopic (exact) mass is 176 g/mol. The van der Waals surface area contributed by atoms with Crippen molar-refractivity contribution in [3.05, 3.63) is 24.4 Å². The van der Waals surface area contributed by atoms with Crippen molar-refractivity contribution in [2.45, 2.75) is 26.2 Å². The van der Waals surface area contributed by atoms with Gasteiger partial charge in [0.1, 0.15) is 17.6 Å². The molecule has 2 aromatic heterocycles. The van der Waals surface area contributed by atoms with E-state index in [0.29, 0.717) is 0 Å². The van der Waals surface area contributed by atoms with E-state index in [1.165, 1.54) is 6.33 Å². The predicted molar refractivity (Wildman–Crippen MR) is 50.5 cm³/mol. The molecule has 3 nitrogen and oxygen atoms in total. The molecule has 0 atom stereocenters. The van der Waals surface area contributed by atoms with Crippen LogP contribution in [0.15, 0.2) is 23.0 Å². The fraction of sp³-hybridized carbons (Fsp3) is 0.400. The zero-order chi connectivity index (χ0) is 9.47. The third-order valence-electron chi connectivity index (χ3n) is 1.93. The van der Waals surface area contributed by atoms with E-state index in [1.807, 2.05) is 6.07 Å². The summed E-state index contributed by atoms with van der Waals surface area (Å²) in [6.45, 7) is 6.33. The van der Waals surface area contributed by atoms with Gasteiger partial charge in [0.25, 0.3) is 0 Å². The maximum atomic E-state index is 5.61. The molecule has 0 aliphatic heterocycles. The van der Waals surface area contributed by atoms with Gasteiger partial charge in [0, 0.05) is 11.5 Å². The van der Waals surface area contributed by atoms with Crippen LogP contribution in [0.5, 0.6) is 0 Å². The van der Waals surface area contributed by atoms with E-state index in [1.54, 1.807) is 6.20 Å². The van der Waals surface area contributed by atoms with Crippen LogP contribution in [0.3, 0.4) is 0 Å². The van der Waals surface area contributed by atoms with Gasteiger partial charge in [-0.25, -0.2) is 9.97 Å². The normalized spacial score (nSPS) is 12.2. The Morgan fingerprint density at radius 1 is 1.31 bits per heavy atom. The molecule has 0 saturated carbocycles. The van der Waals surface area contributed by atoms with Gasteiger partial charge in [-0.2, -0.15) is 0 Å². The molecule has 0 aromatic carbocycles. The highest BCUT2D eigenvalue weighted by molar-refractivity contribution is 5.71. The first kappa shape index (κ1) is 8.23. The number of hydrogen-bond acceptors (Lipinski definition) is 3. The molecule has 0 spiro atoms. The number of furan rings is 1. The summed E-state index contributed by atoms with van der Waals surface area (Å²) in [5.74, 6) is 0.947. The van der Waals surface area contributed by atoms with E-state index in [0.717, 1.165) is 16.9 Å². The highest BCUT2D eigenvalue weighted by Crippen LogP contribution is 2.27. The summed E-state index contributed by atoms with van der Waals surface area (Å²) in [4.78, 5) is 8.01. The molecule has 0 amide bonds. The minimum Gasteiger partial charge on any atom is -0.457 e. The molecule has 3 heteroatoms. The van der Waals surface area contributed by atoms with Crippen LogP contribution in [0, 0.1) is 0 Å². The Kier molecular flexibility index (Phi) is 1.62. The van der Waals surface area contributed by atoms with Gasteiger partial charge < -0.3 is 4.42 Å². The predicted octanol–water partition coefficient (Wildman–Crippen LogP) is 2.52. The van der Waals surface area contributed by atoms with Gasteiger partial charge in [-0.3, -0.25) is 0 Å². The largest absolute Gasteiger partial charge is 0.457 e. The van der Waals surface area contributed by atoms with Gasteiger partial charge >= 0.3 is 0 Å². The van der Waals surface area contributed by atoms with Crippen molar-refractivity contribution in [1.82, 2.24) is 9.97 Å². The Bertz CT molecular complexity index is 393. The molecule has 0 saturated heterocycles. The van der Waals surface area contributed by atoms with Gasteiger partial charge in [-0.15, -0.1) is 0 Å². The van der Waals surface area contributed by atoms with Crippen molar-refractivity contribution in [3.8, 4) is 0 Å². The van der Waals surface area contributed by atoms with E-state index in [4.69, 9.17) is 4.42 Å². The summed E-state index contributed by atoms with van der Waals surface area (Å²) in [6.07, 6.45) is 3.22. The third kappa shape index (κ3) is 1.41. The summed E-state index contributed by atoms with van der Waals surface area (Å²) in [7, 11) is 0. The average molecular weight is 176 g/mol. The van der Waals surface area contributed by atoms with Crippen molar-refractivity contribution >= 4 is 11.1 Å². The Hall–Kier alpha value is -1.38. The van der Waals surface area contributed by atoms with Gasteiger partial charge in [-0.05, 0) is 0 Å². The second kappa shape index (κ2) is 2.55. The van der Waals surface area contributed by atoms with E-state index in [9.17, 15) is 0 Å². The topological polar surface area (TPSA) is 38.9 Å². The Morgan fingerprint density at radius 3 is 2.69 bits per heavy atom. The Morgan fingerprint density at radius 2 is 2.08 bits per heavy atom. The van der Waals surface area contributed by atoms with Crippen LogP contribution in [0.1, 0.15) is 26.5 Å². The molecule has 0 aliphatic rings. The maximum absolute atomic E-state index is 5.61. The minimum atomic E-state index is 0.0285. The van der Waals surface area contributed by atoms with Crippen LogP contribution in [-0.4, -0.2) is 9.97 Å². The SMILES string of the molecule is CC(C)(C)c1cc2ncncc2o1. The lowest BCUT2D eigenvalue weighted by molar-refractivity contribution is 0.429. The van der Waals surface area contributed by atoms with Gasteiger partial charge in [0.05, 0.1) is 6.20 Å². The zero-order valence-electron chi connectivity index (χ0n) is 8.03. The Balaban J connectivity index is 2.63. The molecular weight excluding hydrogens is 164 g/mol. The van der Waals surface area contributed by atoms with Gasteiger partial charge in [-0.1, -0.05) is 20.8 Å². The molecule has 0 fully saturated rings. The van der Waals surface area contributed by atoms with E-state index in [2.05, 4.69) is 30.7 Å². The standard InChI is InChI=1S/C10H12N2O/c1-10(2,3)9-4-7-8(13-9)5-11-6-12-7/h4-6H,1-3H3. The van der Waals surface area contributed by atoms with Crippen LogP contribution in [0.2, 0.25) is 0 Å². The van der Waals surface area contributed by atoms with Crippen molar-refractivity contribution < 1.29 is 4.42 Å². The van der Waals surface area contributed by atoms with Crippen molar-refractivity contribution in [2.75, 3.05) is 0 Å². The summed E-state index contributed by atoms with van der Waals surface area (Å²) < 4.78 is 5.61. The van der Waals surface area contributed by atoms with E-state index in [-0.39, 0.29) is 5.41 Å². The summed E-state index contributed by atoms with van der Waals surface area (Å²) in [5.41, 5.74) is 1.66. The first-order valence-electron chi connectivity index (χ1n) is 4.27. The molecule has 0 bridgehead atoms. The summed E-state index contributed by atoms with van der Waals surface area (Å²) in [5, 5.41) is 0. The average Bonchev–Trinajstić information content (AvgIpc) is 2.45.